The van der Waals surface area contributed by atoms with Gasteiger partial charge in [0.25, 0.3) is 0 Å². The minimum Gasteiger partial charge on any atom is -0.343 e. The van der Waals surface area contributed by atoms with Crippen molar-refractivity contribution in [3.63, 3.8) is 0 Å². The maximum atomic E-state index is 13.2. The molecule has 108 valence electrons. The Morgan fingerprint density at radius 3 is 2.81 bits per heavy atom. The Bertz CT molecular complexity index is 780. The Morgan fingerprint density at radius 1 is 1.19 bits per heavy atom. The summed E-state index contributed by atoms with van der Waals surface area (Å²) in [5.41, 5.74) is 3.42. The molecule has 4 heteroatoms. The Kier molecular flexibility index (Phi) is 3.95. The average molecular weight is 303 g/mol. The van der Waals surface area contributed by atoms with Crippen LogP contribution in [-0.4, -0.2) is 11.6 Å². The van der Waals surface area contributed by atoms with Crippen molar-refractivity contribution >= 4 is 22.5 Å². The van der Waals surface area contributed by atoms with Crippen molar-refractivity contribution in [3.05, 3.63) is 70.6 Å². The van der Waals surface area contributed by atoms with Gasteiger partial charge in [-0.25, -0.2) is 4.39 Å². The van der Waals surface area contributed by atoms with E-state index < -0.39 is 0 Å². The van der Waals surface area contributed by atoms with Gasteiger partial charge in [-0.2, -0.15) is 0 Å². The fourth-order valence-electron chi connectivity index (χ4n) is 2.60. The van der Waals surface area contributed by atoms with Crippen molar-refractivity contribution in [2.75, 3.05) is 7.05 Å². The molecule has 2 nitrogen and oxygen atoms in total. The zero-order chi connectivity index (χ0) is 14.8. The molecule has 1 aromatic heterocycles. The standard InChI is InChI=1S/C17H16ClFN2/c1-20-10-13-3-2-4-17-14(13)7-8-21(17)11-12-5-6-16(19)15(18)9-12/h2-9,20H,10-11H2,1H3. The molecule has 0 amide bonds. The van der Waals surface area contributed by atoms with E-state index in [2.05, 4.69) is 40.3 Å². The third kappa shape index (κ3) is 2.80. The van der Waals surface area contributed by atoms with E-state index in [0.29, 0.717) is 6.54 Å². The fraction of sp³-hybridized carbons (Fsp3) is 0.176. The number of halogens is 2. The highest BCUT2D eigenvalue weighted by Crippen LogP contribution is 2.22. The Morgan fingerprint density at radius 2 is 2.05 bits per heavy atom. The first kappa shape index (κ1) is 14.1. The van der Waals surface area contributed by atoms with Crippen LogP contribution < -0.4 is 5.32 Å². The number of nitrogens with one attached hydrogen (secondary N) is 1. The van der Waals surface area contributed by atoms with Gasteiger partial charge in [-0.1, -0.05) is 29.8 Å². The van der Waals surface area contributed by atoms with E-state index in [1.165, 1.54) is 22.5 Å². The molecule has 0 unspecified atom stereocenters. The molecule has 0 saturated carbocycles. The smallest absolute Gasteiger partial charge is 0.141 e. The zero-order valence-corrected chi connectivity index (χ0v) is 12.5. The molecule has 0 radical (unpaired) electrons. The molecule has 3 rings (SSSR count). The Balaban J connectivity index is 1.97. The molecule has 1 heterocycles. The lowest BCUT2D eigenvalue weighted by molar-refractivity contribution is 0.627. The van der Waals surface area contributed by atoms with Crippen molar-refractivity contribution in [2.45, 2.75) is 13.1 Å². The van der Waals surface area contributed by atoms with Crippen molar-refractivity contribution in [1.29, 1.82) is 0 Å². The third-order valence-corrected chi connectivity index (χ3v) is 3.90. The van der Waals surface area contributed by atoms with Crippen LogP contribution in [0.1, 0.15) is 11.1 Å². The zero-order valence-electron chi connectivity index (χ0n) is 11.7. The number of hydrogen-bond donors (Lipinski definition) is 1. The summed E-state index contributed by atoms with van der Waals surface area (Å²) in [6, 6.07) is 13.3. The maximum Gasteiger partial charge on any atom is 0.141 e. The van der Waals surface area contributed by atoms with Crippen LogP contribution in [0.2, 0.25) is 5.02 Å². The summed E-state index contributed by atoms with van der Waals surface area (Å²) in [4.78, 5) is 0. The topological polar surface area (TPSA) is 17.0 Å². The summed E-state index contributed by atoms with van der Waals surface area (Å²) < 4.78 is 15.4. The quantitative estimate of drug-likeness (QED) is 0.764. The van der Waals surface area contributed by atoms with Crippen LogP contribution in [0.4, 0.5) is 4.39 Å². The molecular weight excluding hydrogens is 287 g/mol. The molecule has 3 aromatic rings. The van der Waals surface area contributed by atoms with Gasteiger partial charge in [0.05, 0.1) is 5.02 Å². The van der Waals surface area contributed by atoms with E-state index in [4.69, 9.17) is 11.6 Å². The van der Waals surface area contributed by atoms with E-state index >= 15 is 0 Å². The summed E-state index contributed by atoms with van der Waals surface area (Å²) in [5.74, 6) is -0.380. The SMILES string of the molecule is CNCc1cccc2c1ccn2Cc1ccc(F)c(Cl)c1. The molecule has 1 N–H and O–H groups in total. The van der Waals surface area contributed by atoms with Crippen LogP contribution in [0.25, 0.3) is 10.9 Å². The first-order chi connectivity index (χ1) is 10.2. The van der Waals surface area contributed by atoms with Gasteiger partial charge < -0.3 is 9.88 Å². The number of fused-ring (bicyclic) bond motifs is 1. The molecule has 0 aliphatic rings. The first-order valence-electron chi connectivity index (χ1n) is 6.84. The van der Waals surface area contributed by atoms with Crippen LogP contribution >= 0.6 is 11.6 Å². The lowest BCUT2D eigenvalue weighted by atomic mass is 10.1. The largest absolute Gasteiger partial charge is 0.343 e. The van der Waals surface area contributed by atoms with Crippen LogP contribution in [0.15, 0.2) is 48.7 Å². The summed E-state index contributed by atoms with van der Waals surface area (Å²) in [5, 5.41) is 4.58. The molecular formula is C17H16ClFN2. The molecule has 0 fully saturated rings. The van der Waals surface area contributed by atoms with Gasteiger partial charge in [-0.3, -0.25) is 0 Å². The molecule has 0 spiro atoms. The molecule has 21 heavy (non-hydrogen) atoms. The summed E-state index contributed by atoms with van der Waals surface area (Å²) >= 11 is 5.85. The first-order valence-corrected chi connectivity index (χ1v) is 7.22. The van der Waals surface area contributed by atoms with Gasteiger partial charge in [0.2, 0.25) is 0 Å². The number of rotatable bonds is 4. The Hall–Kier alpha value is -1.84. The predicted molar refractivity (Wildman–Crippen MR) is 85.2 cm³/mol. The highest BCUT2D eigenvalue weighted by atomic mass is 35.5. The molecule has 0 aliphatic heterocycles. The maximum absolute atomic E-state index is 13.2. The summed E-state index contributed by atoms with van der Waals surface area (Å²) in [6.07, 6.45) is 2.06. The molecule has 0 aliphatic carbocycles. The second kappa shape index (κ2) is 5.88. The highest BCUT2D eigenvalue weighted by Gasteiger charge is 2.07. The van der Waals surface area contributed by atoms with Gasteiger partial charge >= 0.3 is 0 Å². The lowest BCUT2D eigenvalue weighted by Gasteiger charge is -2.08. The van der Waals surface area contributed by atoms with Crippen molar-refractivity contribution in [3.8, 4) is 0 Å². The minimum absolute atomic E-state index is 0.167. The number of nitrogens with zero attached hydrogens (tertiary/aromatic N) is 1. The van der Waals surface area contributed by atoms with Gasteiger partial charge in [0.1, 0.15) is 5.82 Å². The van der Waals surface area contributed by atoms with Crippen LogP contribution in [0.5, 0.6) is 0 Å². The van der Waals surface area contributed by atoms with Gasteiger partial charge in [-0.15, -0.1) is 0 Å². The Labute approximate surface area is 128 Å². The van der Waals surface area contributed by atoms with Crippen LogP contribution in [0, 0.1) is 5.82 Å². The van der Waals surface area contributed by atoms with Gasteiger partial charge in [-0.05, 0) is 42.4 Å². The summed E-state index contributed by atoms with van der Waals surface area (Å²) in [6.45, 7) is 1.51. The molecule has 0 saturated heterocycles. The number of aromatic nitrogens is 1. The van der Waals surface area contributed by atoms with Gasteiger partial charge in [0.15, 0.2) is 0 Å². The summed E-state index contributed by atoms with van der Waals surface area (Å²) in [7, 11) is 1.94. The van der Waals surface area contributed by atoms with E-state index in [9.17, 15) is 4.39 Å². The normalized spacial score (nSPS) is 11.2. The predicted octanol–water partition coefficient (Wildman–Crippen LogP) is 4.20. The van der Waals surface area contributed by atoms with Crippen molar-refractivity contribution < 1.29 is 4.39 Å². The number of hydrogen-bond acceptors (Lipinski definition) is 1. The van der Waals surface area contributed by atoms with Crippen molar-refractivity contribution in [1.82, 2.24) is 9.88 Å². The van der Waals surface area contributed by atoms with Crippen molar-refractivity contribution in [2.24, 2.45) is 0 Å². The molecule has 2 aromatic carbocycles. The average Bonchev–Trinajstić information content (AvgIpc) is 2.88. The second-order valence-electron chi connectivity index (χ2n) is 5.07. The van der Waals surface area contributed by atoms with E-state index in [0.717, 1.165) is 12.1 Å². The van der Waals surface area contributed by atoms with E-state index in [1.54, 1.807) is 12.1 Å². The molecule has 0 bridgehead atoms. The highest BCUT2D eigenvalue weighted by molar-refractivity contribution is 6.30. The lowest BCUT2D eigenvalue weighted by Crippen LogP contribution is -2.05. The second-order valence-corrected chi connectivity index (χ2v) is 5.48. The number of benzene rings is 2. The minimum atomic E-state index is -0.380. The van der Waals surface area contributed by atoms with Crippen LogP contribution in [0.3, 0.4) is 0 Å². The van der Waals surface area contributed by atoms with Gasteiger partial charge in [0, 0.05) is 30.2 Å². The van der Waals surface area contributed by atoms with E-state index in [1.807, 2.05) is 7.05 Å². The van der Waals surface area contributed by atoms with Crippen LogP contribution in [-0.2, 0) is 13.1 Å². The third-order valence-electron chi connectivity index (χ3n) is 3.61. The monoisotopic (exact) mass is 302 g/mol. The van der Waals surface area contributed by atoms with E-state index in [-0.39, 0.29) is 10.8 Å². The molecule has 0 atom stereocenters. The fourth-order valence-corrected chi connectivity index (χ4v) is 2.81.